The first-order valence-corrected chi connectivity index (χ1v) is 7.63. The van der Waals surface area contributed by atoms with E-state index in [-0.39, 0.29) is 17.5 Å². The Hall–Kier alpha value is -0.880. The van der Waals surface area contributed by atoms with Gasteiger partial charge in [0, 0.05) is 23.1 Å². The molecule has 0 fully saturated rings. The van der Waals surface area contributed by atoms with Crippen LogP contribution in [-0.2, 0) is 16.4 Å². The standard InChI is InChI=1S/C11H21N3O2S/c1-5-17(15,16)7-6-14-10(3)11(8-13-14)9(2)12-4/h8-9,12H,5-7H2,1-4H3. The fourth-order valence-electron chi connectivity index (χ4n) is 1.64. The van der Waals surface area contributed by atoms with Gasteiger partial charge < -0.3 is 5.32 Å². The smallest absolute Gasteiger partial charge is 0.151 e. The zero-order valence-corrected chi connectivity index (χ0v) is 11.7. The predicted octanol–water partition coefficient (Wildman–Crippen LogP) is 0.907. The van der Waals surface area contributed by atoms with Crippen molar-refractivity contribution in [2.45, 2.75) is 33.4 Å². The van der Waals surface area contributed by atoms with Gasteiger partial charge in [-0.05, 0) is 20.9 Å². The van der Waals surface area contributed by atoms with Gasteiger partial charge in [-0.15, -0.1) is 0 Å². The Morgan fingerprint density at radius 1 is 1.53 bits per heavy atom. The van der Waals surface area contributed by atoms with Crippen molar-refractivity contribution in [3.63, 3.8) is 0 Å². The second-order valence-corrected chi connectivity index (χ2v) is 6.63. The summed E-state index contributed by atoms with van der Waals surface area (Å²) in [5.74, 6) is 0.340. The molecule has 0 aromatic carbocycles. The third kappa shape index (κ3) is 3.54. The van der Waals surface area contributed by atoms with Crippen LogP contribution < -0.4 is 5.32 Å². The van der Waals surface area contributed by atoms with Gasteiger partial charge in [0.05, 0.1) is 18.5 Å². The number of hydrogen-bond acceptors (Lipinski definition) is 4. The van der Waals surface area contributed by atoms with Crippen molar-refractivity contribution in [3.8, 4) is 0 Å². The van der Waals surface area contributed by atoms with E-state index in [1.165, 1.54) is 0 Å². The van der Waals surface area contributed by atoms with E-state index in [1.807, 2.05) is 14.0 Å². The number of aromatic nitrogens is 2. The molecule has 1 rings (SSSR count). The number of aryl methyl sites for hydroxylation is 1. The minimum atomic E-state index is -2.93. The molecule has 0 saturated heterocycles. The van der Waals surface area contributed by atoms with Crippen LogP contribution >= 0.6 is 0 Å². The summed E-state index contributed by atoms with van der Waals surface area (Å²) in [5.41, 5.74) is 2.14. The highest BCUT2D eigenvalue weighted by Crippen LogP contribution is 2.16. The maximum absolute atomic E-state index is 11.4. The van der Waals surface area contributed by atoms with Crippen LogP contribution in [0.1, 0.15) is 31.1 Å². The lowest BCUT2D eigenvalue weighted by Crippen LogP contribution is -2.17. The summed E-state index contributed by atoms with van der Waals surface area (Å²) < 4.78 is 24.6. The maximum Gasteiger partial charge on any atom is 0.151 e. The molecule has 1 aromatic rings. The van der Waals surface area contributed by atoms with Crippen molar-refractivity contribution in [2.24, 2.45) is 0 Å². The third-order valence-electron chi connectivity index (χ3n) is 3.09. The Kier molecular flexibility index (Phi) is 4.70. The molecule has 1 N–H and O–H groups in total. The first kappa shape index (κ1) is 14.2. The second kappa shape index (κ2) is 5.64. The van der Waals surface area contributed by atoms with Crippen LogP contribution in [0.2, 0.25) is 0 Å². The molecule has 17 heavy (non-hydrogen) atoms. The maximum atomic E-state index is 11.4. The molecule has 1 heterocycles. The molecule has 0 aliphatic rings. The second-order valence-electron chi connectivity index (χ2n) is 4.16. The van der Waals surface area contributed by atoms with Crippen LogP contribution in [-0.4, -0.2) is 36.8 Å². The van der Waals surface area contributed by atoms with E-state index in [9.17, 15) is 8.42 Å². The molecule has 0 saturated carbocycles. The van der Waals surface area contributed by atoms with E-state index < -0.39 is 9.84 Å². The van der Waals surface area contributed by atoms with Crippen LogP contribution in [0.5, 0.6) is 0 Å². The van der Waals surface area contributed by atoms with Gasteiger partial charge in [0.15, 0.2) is 9.84 Å². The number of hydrogen-bond donors (Lipinski definition) is 1. The first-order chi connectivity index (χ1) is 7.91. The van der Waals surface area contributed by atoms with E-state index in [2.05, 4.69) is 17.3 Å². The molecule has 98 valence electrons. The summed E-state index contributed by atoms with van der Waals surface area (Å²) >= 11 is 0. The topological polar surface area (TPSA) is 64.0 Å². The van der Waals surface area contributed by atoms with Crippen LogP contribution in [0.15, 0.2) is 6.20 Å². The number of rotatable bonds is 6. The van der Waals surface area contributed by atoms with Gasteiger partial charge in [0.2, 0.25) is 0 Å². The fourth-order valence-corrected chi connectivity index (χ4v) is 2.38. The summed E-state index contributed by atoms with van der Waals surface area (Å²) in [5, 5.41) is 7.38. The molecular formula is C11H21N3O2S. The first-order valence-electron chi connectivity index (χ1n) is 5.81. The lowest BCUT2D eigenvalue weighted by atomic mass is 10.1. The molecule has 0 amide bonds. The average Bonchev–Trinajstić information content (AvgIpc) is 2.67. The lowest BCUT2D eigenvalue weighted by molar-refractivity contribution is 0.576. The Balaban J connectivity index is 2.77. The molecule has 6 heteroatoms. The molecular weight excluding hydrogens is 238 g/mol. The molecule has 0 spiro atoms. The Morgan fingerprint density at radius 3 is 2.71 bits per heavy atom. The van der Waals surface area contributed by atoms with E-state index in [4.69, 9.17) is 0 Å². The SMILES string of the molecule is CCS(=O)(=O)CCn1ncc(C(C)NC)c1C. The Bertz CT molecular complexity index is 465. The van der Waals surface area contributed by atoms with E-state index in [1.54, 1.807) is 17.8 Å². The molecule has 1 atom stereocenters. The monoisotopic (exact) mass is 259 g/mol. The third-order valence-corrected chi connectivity index (χ3v) is 4.78. The van der Waals surface area contributed by atoms with Crippen molar-refractivity contribution >= 4 is 9.84 Å². The average molecular weight is 259 g/mol. The highest BCUT2D eigenvalue weighted by atomic mass is 32.2. The molecule has 5 nitrogen and oxygen atoms in total. The van der Waals surface area contributed by atoms with Gasteiger partial charge in [-0.2, -0.15) is 5.10 Å². The minimum absolute atomic E-state index is 0.152. The van der Waals surface area contributed by atoms with Gasteiger partial charge >= 0.3 is 0 Å². The fraction of sp³-hybridized carbons (Fsp3) is 0.727. The number of nitrogens with zero attached hydrogens (tertiary/aromatic N) is 2. The van der Waals surface area contributed by atoms with Crippen LogP contribution in [0.25, 0.3) is 0 Å². The Labute approximate surface area is 103 Å². The van der Waals surface area contributed by atoms with Crippen LogP contribution in [0.3, 0.4) is 0 Å². The summed E-state index contributed by atoms with van der Waals surface area (Å²) in [6.07, 6.45) is 1.80. The van der Waals surface area contributed by atoms with Crippen molar-refractivity contribution in [1.82, 2.24) is 15.1 Å². The highest BCUT2D eigenvalue weighted by Gasteiger charge is 2.13. The van der Waals surface area contributed by atoms with Crippen LogP contribution in [0, 0.1) is 6.92 Å². The van der Waals surface area contributed by atoms with Crippen molar-refractivity contribution < 1.29 is 8.42 Å². The Morgan fingerprint density at radius 2 is 2.18 bits per heavy atom. The van der Waals surface area contributed by atoms with E-state index >= 15 is 0 Å². The summed E-state index contributed by atoms with van der Waals surface area (Å²) in [7, 11) is -1.04. The largest absolute Gasteiger partial charge is 0.313 e. The highest BCUT2D eigenvalue weighted by molar-refractivity contribution is 7.91. The molecule has 0 aliphatic heterocycles. The molecule has 0 aliphatic carbocycles. The quantitative estimate of drug-likeness (QED) is 0.824. The normalized spacial score (nSPS) is 13.9. The van der Waals surface area contributed by atoms with Crippen LogP contribution in [0.4, 0.5) is 0 Å². The van der Waals surface area contributed by atoms with E-state index in [0.29, 0.717) is 6.54 Å². The number of sulfone groups is 1. The van der Waals surface area contributed by atoms with E-state index in [0.717, 1.165) is 11.3 Å². The predicted molar refractivity (Wildman–Crippen MR) is 68.8 cm³/mol. The van der Waals surface area contributed by atoms with Crippen molar-refractivity contribution in [1.29, 1.82) is 0 Å². The van der Waals surface area contributed by atoms with Gasteiger partial charge in [-0.1, -0.05) is 6.92 Å². The van der Waals surface area contributed by atoms with Crippen molar-refractivity contribution in [2.75, 3.05) is 18.6 Å². The summed E-state index contributed by atoms with van der Waals surface area (Å²) in [4.78, 5) is 0. The van der Waals surface area contributed by atoms with Gasteiger partial charge in [-0.25, -0.2) is 8.42 Å². The zero-order chi connectivity index (χ0) is 13.1. The molecule has 1 aromatic heterocycles. The zero-order valence-electron chi connectivity index (χ0n) is 10.9. The van der Waals surface area contributed by atoms with Gasteiger partial charge in [-0.3, -0.25) is 4.68 Å². The van der Waals surface area contributed by atoms with Gasteiger partial charge in [0.25, 0.3) is 0 Å². The summed E-state index contributed by atoms with van der Waals surface area (Å²) in [6.45, 7) is 6.12. The minimum Gasteiger partial charge on any atom is -0.313 e. The number of nitrogens with one attached hydrogen (secondary N) is 1. The lowest BCUT2D eigenvalue weighted by Gasteiger charge is -2.10. The van der Waals surface area contributed by atoms with Gasteiger partial charge in [0.1, 0.15) is 0 Å². The van der Waals surface area contributed by atoms with Crippen molar-refractivity contribution in [3.05, 3.63) is 17.5 Å². The molecule has 1 unspecified atom stereocenters. The molecule has 0 bridgehead atoms. The molecule has 0 radical (unpaired) electrons. The summed E-state index contributed by atoms with van der Waals surface area (Å²) in [6, 6.07) is 0.228.